The molecule has 0 aliphatic rings. The summed E-state index contributed by atoms with van der Waals surface area (Å²) in [4.78, 5) is 8.04. The number of fused-ring (bicyclic) bond motifs is 1. The highest BCUT2D eigenvalue weighted by Crippen LogP contribution is 2.22. The molecule has 0 aliphatic heterocycles. The zero-order chi connectivity index (χ0) is 9.26. The molecule has 0 bridgehead atoms. The van der Waals surface area contributed by atoms with Crippen LogP contribution in [0.2, 0.25) is 0 Å². The van der Waals surface area contributed by atoms with E-state index in [-0.39, 0.29) is 0 Å². The van der Waals surface area contributed by atoms with Gasteiger partial charge in [0.25, 0.3) is 0 Å². The predicted molar refractivity (Wildman–Crippen MR) is 51.2 cm³/mol. The van der Waals surface area contributed by atoms with Gasteiger partial charge in [-0.05, 0) is 19.9 Å². The van der Waals surface area contributed by atoms with Gasteiger partial charge in [-0.2, -0.15) is 0 Å². The van der Waals surface area contributed by atoms with Gasteiger partial charge in [-0.25, -0.2) is 9.97 Å². The number of rotatable bonds is 1. The standard InChI is InChI=1S/C10H10N2O/c1-3-4-8-7(2)10-9(13-8)5-11-6-12-10/h3-6H,1-2H3/b4-3-. The lowest BCUT2D eigenvalue weighted by Crippen LogP contribution is -1.77. The molecule has 0 fully saturated rings. The summed E-state index contributed by atoms with van der Waals surface area (Å²) in [6, 6.07) is 0. The molecule has 0 spiro atoms. The first kappa shape index (κ1) is 7.98. The van der Waals surface area contributed by atoms with Gasteiger partial charge in [0.1, 0.15) is 17.6 Å². The lowest BCUT2D eigenvalue weighted by Gasteiger charge is -1.85. The van der Waals surface area contributed by atoms with Crippen molar-refractivity contribution < 1.29 is 4.42 Å². The van der Waals surface area contributed by atoms with Crippen molar-refractivity contribution in [3.8, 4) is 0 Å². The summed E-state index contributed by atoms with van der Waals surface area (Å²) < 4.78 is 5.53. The molecule has 2 aromatic heterocycles. The predicted octanol–water partition coefficient (Wildman–Crippen LogP) is 2.56. The average molecular weight is 174 g/mol. The van der Waals surface area contributed by atoms with E-state index in [2.05, 4.69) is 9.97 Å². The second-order valence-corrected chi connectivity index (χ2v) is 2.83. The van der Waals surface area contributed by atoms with Crippen LogP contribution in [0.4, 0.5) is 0 Å². The van der Waals surface area contributed by atoms with Crippen LogP contribution in [-0.2, 0) is 0 Å². The molecule has 2 aromatic rings. The second-order valence-electron chi connectivity index (χ2n) is 2.83. The van der Waals surface area contributed by atoms with Crippen LogP contribution in [0.5, 0.6) is 0 Å². The van der Waals surface area contributed by atoms with Gasteiger partial charge in [0, 0.05) is 5.56 Å². The molecule has 0 amide bonds. The summed E-state index contributed by atoms with van der Waals surface area (Å²) in [5, 5.41) is 0. The lowest BCUT2D eigenvalue weighted by molar-refractivity contribution is 0.599. The maximum Gasteiger partial charge on any atom is 0.171 e. The Kier molecular flexibility index (Phi) is 1.85. The highest BCUT2D eigenvalue weighted by molar-refractivity contribution is 5.79. The van der Waals surface area contributed by atoms with Gasteiger partial charge >= 0.3 is 0 Å². The van der Waals surface area contributed by atoms with Crippen LogP contribution in [-0.4, -0.2) is 9.97 Å². The van der Waals surface area contributed by atoms with Crippen LogP contribution in [0.3, 0.4) is 0 Å². The Morgan fingerprint density at radius 2 is 2.31 bits per heavy atom. The maximum absolute atomic E-state index is 5.53. The lowest BCUT2D eigenvalue weighted by atomic mass is 10.2. The van der Waals surface area contributed by atoms with E-state index in [4.69, 9.17) is 4.42 Å². The van der Waals surface area contributed by atoms with Gasteiger partial charge in [-0.3, -0.25) is 0 Å². The minimum atomic E-state index is 0.744. The third kappa shape index (κ3) is 1.22. The Balaban J connectivity index is 2.73. The summed E-state index contributed by atoms with van der Waals surface area (Å²) in [7, 11) is 0. The number of aromatic nitrogens is 2. The molecule has 2 heterocycles. The Labute approximate surface area is 76.1 Å². The van der Waals surface area contributed by atoms with Crippen molar-refractivity contribution in [2.45, 2.75) is 13.8 Å². The number of nitrogens with zero attached hydrogens (tertiary/aromatic N) is 2. The first-order chi connectivity index (χ1) is 6.33. The molecule has 0 aromatic carbocycles. The van der Waals surface area contributed by atoms with E-state index >= 15 is 0 Å². The molecule has 0 unspecified atom stereocenters. The Hall–Kier alpha value is -1.64. The number of hydrogen-bond donors (Lipinski definition) is 0. The molecular weight excluding hydrogens is 164 g/mol. The minimum absolute atomic E-state index is 0.744. The molecular formula is C10H10N2O. The summed E-state index contributed by atoms with van der Waals surface area (Å²) >= 11 is 0. The Morgan fingerprint density at radius 1 is 1.46 bits per heavy atom. The van der Waals surface area contributed by atoms with Gasteiger partial charge in [0.2, 0.25) is 0 Å². The molecule has 66 valence electrons. The molecule has 0 saturated carbocycles. The normalized spacial score (nSPS) is 11.5. The SMILES string of the molecule is C/C=C\c1oc2cncnc2c1C. The van der Waals surface area contributed by atoms with Crippen LogP contribution in [0.25, 0.3) is 17.2 Å². The van der Waals surface area contributed by atoms with E-state index in [1.165, 1.54) is 6.33 Å². The third-order valence-electron chi connectivity index (χ3n) is 1.94. The van der Waals surface area contributed by atoms with Crippen molar-refractivity contribution in [1.29, 1.82) is 0 Å². The van der Waals surface area contributed by atoms with Crippen molar-refractivity contribution in [2.24, 2.45) is 0 Å². The molecule has 13 heavy (non-hydrogen) atoms. The molecule has 0 N–H and O–H groups in total. The van der Waals surface area contributed by atoms with Crippen molar-refractivity contribution in [3.05, 3.63) is 29.9 Å². The second kappa shape index (κ2) is 3.01. The molecule has 0 saturated heterocycles. The Bertz CT molecular complexity index is 457. The van der Waals surface area contributed by atoms with E-state index < -0.39 is 0 Å². The van der Waals surface area contributed by atoms with Crippen LogP contribution in [0.15, 0.2) is 23.0 Å². The molecule has 3 nitrogen and oxygen atoms in total. The summed E-state index contributed by atoms with van der Waals surface area (Å²) in [6.07, 6.45) is 7.09. The van der Waals surface area contributed by atoms with Gasteiger partial charge in [-0.15, -0.1) is 0 Å². The zero-order valence-electron chi connectivity index (χ0n) is 7.61. The summed E-state index contributed by atoms with van der Waals surface area (Å²) in [6.45, 7) is 3.95. The number of allylic oxidation sites excluding steroid dienone is 1. The molecule has 0 aliphatic carbocycles. The van der Waals surface area contributed by atoms with E-state index in [9.17, 15) is 0 Å². The number of furan rings is 1. The molecule has 3 heteroatoms. The summed E-state index contributed by atoms with van der Waals surface area (Å²) in [5.74, 6) is 0.859. The zero-order valence-corrected chi connectivity index (χ0v) is 7.61. The first-order valence-electron chi connectivity index (χ1n) is 4.14. The molecule has 0 radical (unpaired) electrons. The van der Waals surface area contributed by atoms with Crippen molar-refractivity contribution in [3.63, 3.8) is 0 Å². The monoisotopic (exact) mass is 174 g/mol. The summed E-state index contributed by atoms with van der Waals surface area (Å²) in [5.41, 5.74) is 2.70. The Morgan fingerprint density at radius 3 is 3.00 bits per heavy atom. The van der Waals surface area contributed by atoms with Crippen LogP contribution >= 0.6 is 0 Å². The highest BCUT2D eigenvalue weighted by Gasteiger charge is 2.07. The third-order valence-corrected chi connectivity index (χ3v) is 1.94. The minimum Gasteiger partial charge on any atom is -0.453 e. The van der Waals surface area contributed by atoms with E-state index in [0.717, 1.165) is 22.4 Å². The van der Waals surface area contributed by atoms with Crippen LogP contribution < -0.4 is 0 Å². The van der Waals surface area contributed by atoms with Crippen molar-refractivity contribution >= 4 is 17.2 Å². The van der Waals surface area contributed by atoms with Gasteiger partial charge in [0.15, 0.2) is 5.58 Å². The maximum atomic E-state index is 5.53. The largest absolute Gasteiger partial charge is 0.453 e. The fourth-order valence-corrected chi connectivity index (χ4v) is 1.30. The fraction of sp³-hybridized carbons (Fsp3) is 0.200. The van der Waals surface area contributed by atoms with E-state index in [1.807, 2.05) is 26.0 Å². The number of aryl methyl sites for hydroxylation is 1. The van der Waals surface area contributed by atoms with E-state index in [0.29, 0.717) is 0 Å². The first-order valence-corrected chi connectivity index (χ1v) is 4.14. The highest BCUT2D eigenvalue weighted by atomic mass is 16.3. The average Bonchev–Trinajstić information content (AvgIpc) is 2.46. The van der Waals surface area contributed by atoms with Crippen LogP contribution in [0, 0.1) is 6.92 Å². The number of hydrogen-bond acceptors (Lipinski definition) is 3. The van der Waals surface area contributed by atoms with E-state index in [1.54, 1.807) is 6.20 Å². The van der Waals surface area contributed by atoms with Gasteiger partial charge in [-0.1, -0.05) is 6.08 Å². The topological polar surface area (TPSA) is 38.9 Å². The van der Waals surface area contributed by atoms with Gasteiger partial charge < -0.3 is 4.42 Å². The van der Waals surface area contributed by atoms with Gasteiger partial charge in [0.05, 0.1) is 6.20 Å². The molecule has 0 atom stereocenters. The quantitative estimate of drug-likeness (QED) is 0.666. The van der Waals surface area contributed by atoms with Crippen LogP contribution in [0.1, 0.15) is 18.2 Å². The fourth-order valence-electron chi connectivity index (χ4n) is 1.30. The molecule has 2 rings (SSSR count). The van der Waals surface area contributed by atoms with Crippen molar-refractivity contribution in [2.75, 3.05) is 0 Å². The van der Waals surface area contributed by atoms with Crippen molar-refractivity contribution in [1.82, 2.24) is 9.97 Å². The smallest absolute Gasteiger partial charge is 0.171 e.